The summed E-state index contributed by atoms with van der Waals surface area (Å²) in [4.78, 5) is 25.2. The van der Waals surface area contributed by atoms with Gasteiger partial charge in [-0.05, 0) is 37.1 Å². The third-order valence-corrected chi connectivity index (χ3v) is 5.59. The molecule has 2 rings (SSSR count). The molecule has 1 heterocycles. The van der Waals surface area contributed by atoms with Crippen LogP contribution in [0.1, 0.15) is 31.1 Å². The Hall–Kier alpha value is -2.39. The molecular weight excluding hydrogens is 396 g/mol. The van der Waals surface area contributed by atoms with Gasteiger partial charge in [-0.2, -0.15) is 0 Å². The van der Waals surface area contributed by atoms with E-state index in [4.69, 9.17) is 4.74 Å². The number of hydrogen-bond acceptors (Lipinski definition) is 7. The third kappa shape index (κ3) is 6.35. The average Bonchev–Trinajstić information content (AvgIpc) is 3.12. The second-order valence-electron chi connectivity index (χ2n) is 6.11. The molecule has 0 fully saturated rings. The van der Waals surface area contributed by atoms with Gasteiger partial charge in [0.2, 0.25) is 11.0 Å². The van der Waals surface area contributed by atoms with Gasteiger partial charge in [-0.15, -0.1) is 16.8 Å². The molecule has 28 heavy (non-hydrogen) atoms. The first kappa shape index (κ1) is 21.9. The van der Waals surface area contributed by atoms with Crippen LogP contribution in [0.25, 0.3) is 0 Å². The standard InChI is InChI=1S/C19H24N4O3S2/c1-5-11-27-19-23-22-18(28-19)21-17(25)15(12(3)4)20-16(24)13-7-9-14(10-8-13)26-6-2/h5,7-10,12,15H,1,6,11H2,2-4H3,(H,20,24)(H,21,22,25)/t15-/m0/s1. The van der Waals surface area contributed by atoms with Gasteiger partial charge in [-0.1, -0.05) is 43.0 Å². The summed E-state index contributed by atoms with van der Waals surface area (Å²) in [5.74, 6) is 0.657. The molecule has 0 radical (unpaired) electrons. The van der Waals surface area contributed by atoms with Gasteiger partial charge >= 0.3 is 0 Å². The molecule has 1 atom stereocenters. The fraction of sp³-hybridized carbons (Fsp3) is 0.368. The highest BCUT2D eigenvalue weighted by Gasteiger charge is 2.25. The topological polar surface area (TPSA) is 93.2 Å². The number of benzene rings is 1. The highest BCUT2D eigenvalue weighted by Crippen LogP contribution is 2.25. The molecule has 0 aliphatic rings. The van der Waals surface area contributed by atoms with Crippen molar-refractivity contribution in [3.05, 3.63) is 42.5 Å². The zero-order valence-electron chi connectivity index (χ0n) is 16.1. The minimum atomic E-state index is -0.702. The van der Waals surface area contributed by atoms with Crippen LogP contribution < -0.4 is 15.4 Å². The van der Waals surface area contributed by atoms with Crippen molar-refractivity contribution in [3.63, 3.8) is 0 Å². The second kappa shape index (κ2) is 10.8. The van der Waals surface area contributed by atoms with E-state index in [2.05, 4.69) is 27.4 Å². The predicted molar refractivity (Wildman–Crippen MR) is 113 cm³/mol. The summed E-state index contributed by atoms with van der Waals surface area (Å²) >= 11 is 2.78. The van der Waals surface area contributed by atoms with Gasteiger partial charge in [0.05, 0.1) is 6.61 Å². The van der Waals surface area contributed by atoms with Gasteiger partial charge in [-0.25, -0.2) is 0 Å². The lowest BCUT2D eigenvalue weighted by molar-refractivity contribution is -0.118. The lowest BCUT2D eigenvalue weighted by Crippen LogP contribution is -2.47. The van der Waals surface area contributed by atoms with E-state index in [1.807, 2.05) is 20.8 Å². The number of hydrogen-bond donors (Lipinski definition) is 2. The van der Waals surface area contributed by atoms with E-state index in [1.54, 1.807) is 30.3 Å². The van der Waals surface area contributed by atoms with Crippen molar-refractivity contribution in [2.75, 3.05) is 17.7 Å². The summed E-state index contributed by atoms with van der Waals surface area (Å²) in [7, 11) is 0. The predicted octanol–water partition coefficient (Wildman–Crippen LogP) is 3.61. The molecule has 0 aliphatic heterocycles. The van der Waals surface area contributed by atoms with Crippen molar-refractivity contribution in [1.82, 2.24) is 15.5 Å². The molecule has 9 heteroatoms. The van der Waals surface area contributed by atoms with Crippen LogP contribution in [0.3, 0.4) is 0 Å². The first-order valence-electron chi connectivity index (χ1n) is 8.86. The number of rotatable bonds is 10. The molecule has 150 valence electrons. The second-order valence-corrected chi connectivity index (χ2v) is 8.36. The van der Waals surface area contributed by atoms with Crippen molar-refractivity contribution < 1.29 is 14.3 Å². The SMILES string of the molecule is C=CCSc1nnc(NC(=O)[C@@H](NC(=O)c2ccc(OCC)cc2)C(C)C)s1. The number of aromatic nitrogens is 2. The van der Waals surface area contributed by atoms with Gasteiger partial charge in [0.15, 0.2) is 4.34 Å². The summed E-state index contributed by atoms with van der Waals surface area (Å²) in [6.07, 6.45) is 1.77. The van der Waals surface area contributed by atoms with Crippen LogP contribution in [-0.4, -0.2) is 40.4 Å². The van der Waals surface area contributed by atoms with Crippen LogP contribution >= 0.6 is 23.1 Å². The van der Waals surface area contributed by atoms with Gasteiger partial charge in [0.1, 0.15) is 11.8 Å². The van der Waals surface area contributed by atoms with E-state index in [1.165, 1.54) is 23.1 Å². The number of anilines is 1. The first-order valence-corrected chi connectivity index (χ1v) is 10.7. The molecule has 1 aromatic carbocycles. The summed E-state index contributed by atoms with van der Waals surface area (Å²) in [5, 5.41) is 13.9. The fourth-order valence-corrected chi connectivity index (χ4v) is 3.78. The Morgan fingerprint density at radius 2 is 2.00 bits per heavy atom. The maximum atomic E-state index is 12.7. The van der Waals surface area contributed by atoms with E-state index in [0.29, 0.717) is 23.1 Å². The van der Waals surface area contributed by atoms with E-state index < -0.39 is 6.04 Å². The van der Waals surface area contributed by atoms with Gasteiger partial charge in [-0.3, -0.25) is 14.9 Å². The molecule has 0 unspecified atom stereocenters. The smallest absolute Gasteiger partial charge is 0.251 e. The molecule has 2 amide bonds. The lowest BCUT2D eigenvalue weighted by Gasteiger charge is -2.21. The minimum Gasteiger partial charge on any atom is -0.494 e. The molecule has 2 aromatic rings. The van der Waals surface area contributed by atoms with E-state index in [9.17, 15) is 9.59 Å². The van der Waals surface area contributed by atoms with Gasteiger partial charge in [0, 0.05) is 11.3 Å². The number of thioether (sulfide) groups is 1. The van der Waals surface area contributed by atoms with Crippen molar-refractivity contribution in [3.8, 4) is 5.75 Å². The summed E-state index contributed by atoms with van der Waals surface area (Å²) in [6.45, 7) is 9.85. The van der Waals surface area contributed by atoms with Crippen LogP contribution in [0.4, 0.5) is 5.13 Å². The highest BCUT2D eigenvalue weighted by atomic mass is 32.2. The van der Waals surface area contributed by atoms with Crippen molar-refractivity contribution in [1.29, 1.82) is 0 Å². The van der Waals surface area contributed by atoms with Gasteiger partial charge < -0.3 is 10.1 Å². The Morgan fingerprint density at radius 1 is 1.29 bits per heavy atom. The number of nitrogens with zero attached hydrogens (tertiary/aromatic N) is 2. The van der Waals surface area contributed by atoms with E-state index >= 15 is 0 Å². The van der Waals surface area contributed by atoms with Crippen LogP contribution in [-0.2, 0) is 4.79 Å². The van der Waals surface area contributed by atoms with Crippen LogP contribution in [0.5, 0.6) is 5.75 Å². The Morgan fingerprint density at radius 3 is 2.61 bits per heavy atom. The first-order chi connectivity index (χ1) is 13.4. The molecule has 1 aromatic heterocycles. The third-order valence-electron chi connectivity index (χ3n) is 3.62. The Labute approximate surface area is 173 Å². The average molecular weight is 421 g/mol. The number of carbonyl (C=O) groups is 2. The number of amides is 2. The summed E-state index contributed by atoms with van der Waals surface area (Å²) in [5.41, 5.74) is 0.459. The summed E-state index contributed by atoms with van der Waals surface area (Å²) in [6, 6.07) is 6.10. The lowest BCUT2D eigenvalue weighted by atomic mass is 10.0. The maximum absolute atomic E-state index is 12.7. The van der Waals surface area contributed by atoms with Crippen LogP contribution in [0, 0.1) is 5.92 Å². The molecule has 0 bridgehead atoms. The molecule has 0 saturated heterocycles. The Balaban J connectivity index is 2.01. The van der Waals surface area contributed by atoms with Gasteiger partial charge in [0.25, 0.3) is 5.91 Å². The Kier molecular flexibility index (Phi) is 8.46. The largest absolute Gasteiger partial charge is 0.494 e. The molecule has 0 saturated carbocycles. The van der Waals surface area contributed by atoms with E-state index in [0.717, 1.165) is 10.1 Å². The van der Waals surface area contributed by atoms with Crippen molar-refractivity contribution in [2.45, 2.75) is 31.2 Å². The van der Waals surface area contributed by atoms with Crippen molar-refractivity contribution in [2.24, 2.45) is 5.92 Å². The molecular formula is C19H24N4O3S2. The maximum Gasteiger partial charge on any atom is 0.251 e. The number of ether oxygens (including phenoxy) is 1. The number of nitrogens with one attached hydrogen (secondary N) is 2. The molecule has 2 N–H and O–H groups in total. The molecule has 7 nitrogen and oxygen atoms in total. The van der Waals surface area contributed by atoms with E-state index in [-0.39, 0.29) is 17.7 Å². The zero-order chi connectivity index (χ0) is 20.5. The zero-order valence-corrected chi connectivity index (χ0v) is 17.7. The fourth-order valence-electron chi connectivity index (χ4n) is 2.26. The highest BCUT2D eigenvalue weighted by molar-refractivity contribution is 8.01. The number of carbonyl (C=O) groups excluding carboxylic acids is 2. The van der Waals surface area contributed by atoms with Crippen LogP contribution in [0.2, 0.25) is 0 Å². The monoisotopic (exact) mass is 420 g/mol. The molecule has 0 aliphatic carbocycles. The molecule has 0 spiro atoms. The van der Waals surface area contributed by atoms with Crippen LogP contribution in [0.15, 0.2) is 41.3 Å². The van der Waals surface area contributed by atoms with Crippen molar-refractivity contribution >= 4 is 40.0 Å². The minimum absolute atomic E-state index is 0.103. The quantitative estimate of drug-likeness (QED) is 0.346. The summed E-state index contributed by atoms with van der Waals surface area (Å²) < 4.78 is 6.12. The Bertz CT molecular complexity index is 806. The normalized spacial score (nSPS) is 11.7.